The number of hydrogen-bond acceptors (Lipinski definition) is 4. The van der Waals surface area contributed by atoms with E-state index in [0.29, 0.717) is 18.6 Å². The van der Waals surface area contributed by atoms with Crippen molar-refractivity contribution in [3.8, 4) is 0 Å². The van der Waals surface area contributed by atoms with Crippen LogP contribution < -0.4 is 5.32 Å². The summed E-state index contributed by atoms with van der Waals surface area (Å²) < 4.78 is 0. The Bertz CT molecular complexity index is 327. The first-order valence-corrected chi connectivity index (χ1v) is 6.99. The van der Waals surface area contributed by atoms with Gasteiger partial charge < -0.3 is 10.4 Å². The number of thiazole rings is 1. The Kier molecular flexibility index (Phi) is 4.32. The summed E-state index contributed by atoms with van der Waals surface area (Å²) in [4.78, 5) is 4.53. The van der Waals surface area contributed by atoms with Crippen molar-refractivity contribution in [3.63, 3.8) is 0 Å². The second kappa shape index (κ2) is 5.75. The Hall–Kier alpha value is -0.450. The minimum absolute atomic E-state index is 0.314. The summed E-state index contributed by atoms with van der Waals surface area (Å²) in [5.74, 6) is 0.448. The quantitative estimate of drug-likeness (QED) is 0.827. The minimum Gasteiger partial charge on any atom is -0.396 e. The Labute approximate surface area is 101 Å². The molecule has 3 nitrogen and oxygen atoms in total. The predicted octanol–water partition coefficient (Wildman–Crippen LogP) is 1.96. The van der Waals surface area contributed by atoms with Gasteiger partial charge in [-0.25, -0.2) is 4.98 Å². The highest BCUT2D eigenvalue weighted by atomic mass is 32.1. The van der Waals surface area contributed by atoms with E-state index in [9.17, 15) is 5.11 Å². The fourth-order valence-electron chi connectivity index (χ4n) is 2.35. The van der Waals surface area contributed by atoms with Crippen LogP contribution in [0, 0.1) is 5.92 Å². The van der Waals surface area contributed by atoms with E-state index in [1.807, 2.05) is 0 Å². The summed E-state index contributed by atoms with van der Waals surface area (Å²) in [6.45, 7) is 3.29. The lowest BCUT2D eigenvalue weighted by Crippen LogP contribution is -2.33. The molecule has 2 rings (SSSR count). The van der Waals surface area contributed by atoms with Crippen LogP contribution in [0.25, 0.3) is 0 Å². The van der Waals surface area contributed by atoms with Crippen LogP contribution in [0.4, 0.5) is 0 Å². The van der Waals surface area contributed by atoms with Crippen molar-refractivity contribution in [2.24, 2.45) is 5.92 Å². The molecule has 0 radical (unpaired) electrons. The maximum Gasteiger partial charge on any atom is 0.0926 e. The fourth-order valence-corrected chi connectivity index (χ4v) is 3.10. The lowest BCUT2D eigenvalue weighted by Gasteiger charge is -2.18. The number of aliphatic hydroxyl groups excluding tert-OH is 1. The molecule has 2 unspecified atom stereocenters. The molecular weight excluding hydrogens is 220 g/mol. The summed E-state index contributed by atoms with van der Waals surface area (Å²) in [6.07, 6.45) is 4.61. The van der Waals surface area contributed by atoms with Crippen LogP contribution >= 0.6 is 11.3 Å². The molecule has 4 heteroatoms. The van der Waals surface area contributed by atoms with Gasteiger partial charge in [0.25, 0.3) is 0 Å². The third-order valence-electron chi connectivity index (χ3n) is 3.34. The smallest absolute Gasteiger partial charge is 0.0926 e. The molecule has 1 fully saturated rings. The Morgan fingerprint density at radius 2 is 2.44 bits per heavy atom. The van der Waals surface area contributed by atoms with Crippen molar-refractivity contribution < 1.29 is 5.11 Å². The summed E-state index contributed by atoms with van der Waals surface area (Å²) in [7, 11) is 0. The topological polar surface area (TPSA) is 45.2 Å². The molecule has 1 saturated carbocycles. The Balaban J connectivity index is 1.82. The van der Waals surface area contributed by atoms with Gasteiger partial charge in [0.1, 0.15) is 0 Å². The van der Waals surface area contributed by atoms with Gasteiger partial charge in [0, 0.05) is 24.6 Å². The number of aryl methyl sites for hydroxylation is 1. The normalized spacial score (nSPS) is 25.1. The molecule has 0 aromatic carbocycles. The van der Waals surface area contributed by atoms with E-state index in [2.05, 4.69) is 22.6 Å². The maximum atomic E-state index is 9.22. The van der Waals surface area contributed by atoms with Crippen molar-refractivity contribution in [2.75, 3.05) is 6.61 Å². The van der Waals surface area contributed by atoms with E-state index in [-0.39, 0.29) is 0 Å². The standard InChI is InChI=1S/C12H20N2OS/c1-2-12-14-10(8-16-12)6-13-11-5-3-4-9(11)7-15/h8-9,11,13,15H,2-7H2,1H3. The number of aliphatic hydroxyl groups is 1. The molecule has 1 heterocycles. The highest BCUT2D eigenvalue weighted by Gasteiger charge is 2.25. The van der Waals surface area contributed by atoms with Crippen LogP contribution in [0.2, 0.25) is 0 Å². The van der Waals surface area contributed by atoms with E-state index in [4.69, 9.17) is 0 Å². The second-order valence-corrected chi connectivity index (χ2v) is 5.39. The molecule has 0 bridgehead atoms. The van der Waals surface area contributed by atoms with Crippen LogP contribution in [0.5, 0.6) is 0 Å². The molecular formula is C12H20N2OS. The molecule has 0 aliphatic heterocycles. The molecule has 1 aromatic heterocycles. The van der Waals surface area contributed by atoms with Gasteiger partial charge in [-0.15, -0.1) is 11.3 Å². The zero-order valence-electron chi connectivity index (χ0n) is 9.78. The highest BCUT2D eigenvalue weighted by Crippen LogP contribution is 2.25. The van der Waals surface area contributed by atoms with Crippen LogP contribution in [0.15, 0.2) is 5.38 Å². The summed E-state index contributed by atoms with van der Waals surface area (Å²) in [5.41, 5.74) is 1.14. The van der Waals surface area contributed by atoms with E-state index in [0.717, 1.165) is 25.1 Å². The zero-order valence-corrected chi connectivity index (χ0v) is 10.6. The lowest BCUT2D eigenvalue weighted by atomic mass is 10.1. The van der Waals surface area contributed by atoms with Crippen LogP contribution in [0.3, 0.4) is 0 Å². The number of nitrogens with zero attached hydrogens (tertiary/aromatic N) is 1. The predicted molar refractivity (Wildman–Crippen MR) is 66.5 cm³/mol. The third-order valence-corrected chi connectivity index (χ3v) is 4.38. The van der Waals surface area contributed by atoms with E-state index in [1.165, 1.54) is 17.8 Å². The molecule has 1 aliphatic rings. The van der Waals surface area contributed by atoms with Crippen molar-refractivity contribution in [1.29, 1.82) is 0 Å². The van der Waals surface area contributed by atoms with E-state index >= 15 is 0 Å². The van der Waals surface area contributed by atoms with Crippen LogP contribution in [-0.2, 0) is 13.0 Å². The van der Waals surface area contributed by atoms with Gasteiger partial charge >= 0.3 is 0 Å². The first-order chi connectivity index (χ1) is 7.83. The minimum atomic E-state index is 0.314. The summed E-state index contributed by atoms with van der Waals surface area (Å²) in [5, 5.41) is 16.1. The SMILES string of the molecule is CCc1nc(CNC2CCCC2CO)cs1. The monoisotopic (exact) mass is 240 g/mol. The van der Waals surface area contributed by atoms with Gasteiger partial charge in [0.15, 0.2) is 0 Å². The average Bonchev–Trinajstić information content (AvgIpc) is 2.94. The number of nitrogens with one attached hydrogen (secondary N) is 1. The summed E-state index contributed by atoms with van der Waals surface area (Å²) >= 11 is 1.74. The number of rotatable bonds is 5. The Morgan fingerprint density at radius 1 is 1.56 bits per heavy atom. The maximum absolute atomic E-state index is 9.22. The van der Waals surface area contributed by atoms with Crippen LogP contribution in [0.1, 0.15) is 36.9 Å². The van der Waals surface area contributed by atoms with Gasteiger partial charge in [-0.05, 0) is 25.2 Å². The van der Waals surface area contributed by atoms with Crippen molar-refractivity contribution in [1.82, 2.24) is 10.3 Å². The van der Waals surface area contributed by atoms with Gasteiger partial charge in [-0.3, -0.25) is 0 Å². The third kappa shape index (κ3) is 2.81. The van der Waals surface area contributed by atoms with Crippen molar-refractivity contribution >= 4 is 11.3 Å². The molecule has 1 aromatic rings. The largest absolute Gasteiger partial charge is 0.396 e. The molecule has 1 aliphatic carbocycles. The number of hydrogen-bond donors (Lipinski definition) is 2. The first-order valence-electron chi connectivity index (χ1n) is 6.11. The van der Waals surface area contributed by atoms with Crippen molar-refractivity contribution in [2.45, 2.75) is 45.2 Å². The molecule has 2 atom stereocenters. The molecule has 0 amide bonds. The number of aromatic nitrogens is 1. The molecule has 0 saturated heterocycles. The fraction of sp³-hybridized carbons (Fsp3) is 0.750. The highest BCUT2D eigenvalue weighted by molar-refractivity contribution is 7.09. The van der Waals surface area contributed by atoms with Gasteiger partial charge in [-0.2, -0.15) is 0 Å². The molecule has 90 valence electrons. The van der Waals surface area contributed by atoms with Crippen molar-refractivity contribution in [3.05, 3.63) is 16.1 Å². The summed E-state index contributed by atoms with van der Waals surface area (Å²) in [6, 6.07) is 0.483. The van der Waals surface area contributed by atoms with Gasteiger partial charge in [0.05, 0.1) is 10.7 Å². The van der Waals surface area contributed by atoms with Gasteiger partial charge in [0.2, 0.25) is 0 Å². The van der Waals surface area contributed by atoms with Gasteiger partial charge in [-0.1, -0.05) is 13.3 Å². The van der Waals surface area contributed by atoms with E-state index < -0.39 is 0 Å². The second-order valence-electron chi connectivity index (χ2n) is 4.45. The Morgan fingerprint density at radius 3 is 3.12 bits per heavy atom. The van der Waals surface area contributed by atoms with Crippen LogP contribution in [-0.4, -0.2) is 22.7 Å². The first kappa shape index (κ1) is 12.0. The molecule has 16 heavy (non-hydrogen) atoms. The molecule has 2 N–H and O–H groups in total. The average molecular weight is 240 g/mol. The molecule has 0 spiro atoms. The lowest BCUT2D eigenvalue weighted by molar-refractivity contribution is 0.205. The van der Waals surface area contributed by atoms with E-state index in [1.54, 1.807) is 11.3 Å². The zero-order chi connectivity index (χ0) is 11.4.